The average Bonchev–Trinajstić information content (AvgIpc) is 3.30. The summed E-state index contributed by atoms with van der Waals surface area (Å²) in [4.78, 5) is 12.1. The van der Waals surface area contributed by atoms with Gasteiger partial charge in [0.1, 0.15) is 11.4 Å². The average molecular weight is 415 g/mol. The molecule has 0 aliphatic carbocycles. The Morgan fingerprint density at radius 1 is 1.13 bits per heavy atom. The number of halogens is 3. The van der Waals surface area contributed by atoms with Crippen LogP contribution in [0.4, 0.5) is 13.2 Å². The third-order valence-electron chi connectivity index (χ3n) is 4.46. The Morgan fingerprint density at radius 3 is 2.47 bits per heavy atom. The number of aryl methyl sites for hydroxylation is 1. The first-order chi connectivity index (χ1) is 14.2. The van der Waals surface area contributed by atoms with Gasteiger partial charge >= 0.3 is 6.36 Å². The number of amides is 1. The smallest absolute Gasteiger partial charge is 0.406 e. The van der Waals surface area contributed by atoms with E-state index in [1.54, 1.807) is 54.1 Å². The molecule has 0 aliphatic heterocycles. The Kier molecular flexibility index (Phi) is 4.69. The van der Waals surface area contributed by atoms with Crippen molar-refractivity contribution in [2.45, 2.75) is 6.36 Å². The van der Waals surface area contributed by atoms with E-state index in [-0.39, 0.29) is 11.7 Å². The van der Waals surface area contributed by atoms with Crippen molar-refractivity contribution in [3.63, 3.8) is 0 Å². The molecule has 0 atom stereocenters. The molecule has 4 aromatic rings. The quantitative estimate of drug-likeness (QED) is 0.552. The van der Waals surface area contributed by atoms with E-state index < -0.39 is 6.36 Å². The summed E-state index contributed by atoms with van der Waals surface area (Å²) < 4.78 is 44.4. The van der Waals surface area contributed by atoms with Gasteiger partial charge in [0, 0.05) is 36.8 Å². The zero-order valence-corrected chi connectivity index (χ0v) is 15.9. The van der Waals surface area contributed by atoms with Crippen LogP contribution in [0.25, 0.3) is 27.8 Å². The van der Waals surface area contributed by atoms with Crippen molar-refractivity contribution in [1.29, 1.82) is 0 Å². The highest BCUT2D eigenvalue weighted by molar-refractivity contribution is 6.01. The molecule has 154 valence electrons. The van der Waals surface area contributed by atoms with Crippen molar-refractivity contribution < 1.29 is 22.7 Å². The first-order valence-corrected chi connectivity index (χ1v) is 8.85. The van der Waals surface area contributed by atoms with Gasteiger partial charge in [-0.25, -0.2) is 4.68 Å². The number of rotatable bonds is 4. The highest BCUT2D eigenvalue weighted by atomic mass is 19.4. The van der Waals surface area contributed by atoms with Crippen molar-refractivity contribution in [2.24, 2.45) is 7.05 Å². The van der Waals surface area contributed by atoms with Gasteiger partial charge in [0.15, 0.2) is 0 Å². The van der Waals surface area contributed by atoms with Crippen molar-refractivity contribution in [1.82, 2.24) is 24.9 Å². The molecule has 1 N–H and O–H groups in total. The number of hydrogen-bond acceptors (Lipinski definition) is 4. The number of nitrogens with zero attached hydrogens (tertiary/aromatic N) is 4. The van der Waals surface area contributed by atoms with E-state index in [1.165, 1.54) is 24.3 Å². The molecule has 1 amide bonds. The monoisotopic (exact) mass is 415 g/mol. The standard InChI is InChI=1S/C20H16F3N5O2/c1-24-19(29)12-3-8-17-16(9-12)18(13-10-25-27(2)11-13)26-28(17)14-4-6-15(7-5-14)30-20(21,22)23/h3-11H,1-2H3,(H,24,29). The zero-order valence-electron chi connectivity index (χ0n) is 15.9. The van der Waals surface area contributed by atoms with Gasteiger partial charge in [0.05, 0.1) is 17.4 Å². The van der Waals surface area contributed by atoms with Gasteiger partial charge in [-0.1, -0.05) is 0 Å². The molecule has 0 saturated carbocycles. The van der Waals surface area contributed by atoms with Crippen LogP contribution in [0, 0.1) is 0 Å². The fourth-order valence-corrected chi connectivity index (χ4v) is 3.15. The molecule has 4 rings (SSSR count). The van der Waals surface area contributed by atoms with Gasteiger partial charge in [-0.05, 0) is 42.5 Å². The number of ether oxygens (including phenoxy) is 1. The van der Waals surface area contributed by atoms with Crippen LogP contribution < -0.4 is 10.1 Å². The van der Waals surface area contributed by atoms with Crippen LogP contribution in [0.15, 0.2) is 54.9 Å². The molecule has 0 fully saturated rings. The molecular formula is C20H16F3N5O2. The van der Waals surface area contributed by atoms with E-state index in [1.807, 2.05) is 0 Å². The van der Waals surface area contributed by atoms with E-state index >= 15 is 0 Å². The number of alkyl halides is 3. The number of nitrogens with one attached hydrogen (secondary N) is 1. The van der Waals surface area contributed by atoms with Gasteiger partial charge in [0.25, 0.3) is 5.91 Å². The van der Waals surface area contributed by atoms with Crippen LogP contribution in [0.5, 0.6) is 5.75 Å². The van der Waals surface area contributed by atoms with E-state index in [2.05, 4.69) is 20.3 Å². The maximum Gasteiger partial charge on any atom is 0.573 e. The maximum atomic E-state index is 12.4. The zero-order chi connectivity index (χ0) is 21.5. The molecule has 2 heterocycles. The molecular weight excluding hydrogens is 399 g/mol. The second-order valence-corrected chi connectivity index (χ2v) is 6.52. The predicted molar refractivity (Wildman–Crippen MR) is 103 cm³/mol. The second-order valence-electron chi connectivity index (χ2n) is 6.52. The SMILES string of the molecule is CNC(=O)c1ccc2c(c1)c(-c1cnn(C)c1)nn2-c1ccc(OC(F)(F)F)cc1. The molecule has 7 nitrogen and oxygen atoms in total. The van der Waals surface area contributed by atoms with Gasteiger partial charge in [-0.15, -0.1) is 13.2 Å². The van der Waals surface area contributed by atoms with Crippen LogP contribution in [0.3, 0.4) is 0 Å². The molecule has 0 saturated heterocycles. The van der Waals surface area contributed by atoms with Crippen molar-refractivity contribution in [3.05, 3.63) is 60.4 Å². The molecule has 0 bridgehead atoms. The van der Waals surface area contributed by atoms with Crippen molar-refractivity contribution in [2.75, 3.05) is 7.05 Å². The lowest BCUT2D eigenvalue weighted by Gasteiger charge is -2.09. The lowest BCUT2D eigenvalue weighted by Crippen LogP contribution is -2.17. The third kappa shape index (κ3) is 3.71. The fourth-order valence-electron chi connectivity index (χ4n) is 3.15. The first kappa shape index (κ1) is 19.5. The lowest BCUT2D eigenvalue weighted by molar-refractivity contribution is -0.274. The van der Waals surface area contributed by atoms with E-state index in [9.17, 15) is 18.0 Å². The summed E-state index contributed by atoms with van der Waals surface area (Å²) in [6.45, 7) is 0. The Hall–Kier alpha value is -3.82. The van der Waals surface area contributed by atoms with Gasteiger partial charge in [0.2, 0.25) is 0 Å². The summed E-state index contributed by atoms with van der Waals surface area (Å²) in [5.41, 5.74) is 3.03. The molecule has 0 unspecified atom stereocenters. The molecule has 0 radical (unpaired) electrons. The van der Waals surface area contributed by atoms with Crippen LogP contribution in [0.2, 0.25) is 0 Å². The van der Waals surface area contributed by atoms with E-state index in [0.29, 0.717) is 27.8 Å². The van der Waals surface area contributed by atoms with Crippen molar-refractivity contribution in [3.8, 4) is 22.7 Å². The Morgan fingerprint density at radius 2 is 1.87 bits per heavy atom. The van der Waals surface area contributed by atoms with Crippen LogP contribution in [0.1, 0.15) is 10.4 Å². The van der Waals surface area contributed by atoms with Crippen LogP contribution >= 0.6 is 0 Å². The molecule has 2 aromatic heterocycles. The van der Waals surface area contributed by atoms with Crippen molar-refractivity contribution >= 4 is 16.8 Å². The summed E-state index contributed by atoms with van der Waals surface area (Å²) in [5.74, 6) is -0.562. The number of carbonyl (C=O) groups excluding carboxylic acids is 1. The Bertz CT molecular complexity index is 1230. The molecule has 10 heteroatoms. The third-order valence-corrected chi connectivity index (χ3v) is 4.46. The molecule has 0 spiro atoms. The molecule has 30 heavy (non-hydrogen) atoms. The van der Waals surface area contributed by atoms with Gasteiger partial charge in [-0.2, -0.15) is 10.2 Å². The van der Waals surface area contributed by atoms with Gasteiger partial charge < -0.3 is 10.1 Å². The normalized spacial score (nSPS) is 11.6. The van der Waals surface area contributed by atoms with E-state index in [4.69, 9.17) is 0 Å². The minimum absolute atomic E-state index is 0.240. The van der Waals surface area contributed by atoms with E-state index in [0.717, 1.165) is 5.56 Å². The summed E-state index contributed by atoms with van der Waals surface area (Å²) in [5, 5.41) is 12.1. The number of benzene rings is 2. The lowest BCUT2D eigenvalue weighted by atomic mass is 10.1. The summed E-state index contributed by atoms with van der Waals surface area (Å²) in [7, 11) is 3.32. The molecule has 0 aliphatic rings. The topological polar surface area (TPSA) is 74.0 Å². The minimum atomic E-state index is -4.76. The molecule has 2 aromatic carbocycles. The summed E-state index contributed by atoms with van der Waals surface area (Å²) in [6, 6.07) is 10.5. The number of carbonyl (C=O) groups is 1. The number of aromatic nitrogens is 4. The van der Waals surface area contributed by atoms with Crippen LogP contribution in [-0.2, 0) is 7.05 Å². The Labute approximate surface area is 168 Å². The highest BCUT2D eigenvalue weighted by Gasteiger charge is 2.31. The number of hydrogen-bond donors (Lipinski definition) is 1. The fraction of sp³-hybridized carbons (Fsp3) is 0.150. The van der Waals surface area contributed by atoms with Gasteiger partial charge in [-0.3, -0.25) is 9.48 Å². The van der Waals surface area contributed by atoms with Crippen LogP contribution in [-0.4, -0.2) is 38.9 Å². The summed E-state index contributed by atoms with van der Waals surface area (Å²) >= 11 is 0. The number of fused-ring (bicyclic) bond motifs is 1. The Balaban J connectivity index is 1.85. The largest absolute Gasteiger partial charge is 0.573 e. The highest BCUT2D eigenvalue weighted by Crippen LogP contribution is 2.31. The second kappa shape index (κ2) is 7.21. The maximum absolute atomic E-state index is 12.4. The minimum Gasteiger partial charge on any atom is -0.406 e. The first-order valence-electron chi connectivity index (χ1n) is 8.85. The summed E-state index contributed by atoms with van der Waals surface area (Å²) in [6.07, 6.45) is -1.32. The predicted octanol–water partition coefficient (Wildman–Crippen LogP) is 3.68.